The van der Waals surface area contributed by atoms with Crippen LogP contribution in [0.25, 0.3) is 0 Å². The molecule has 1 aliphatic heterocycles. The molecule has 0 fully saturated rings. The molecular formula is C12H14N2O2. The molecule has 0 aliphatic carbocycles. The Labute approximate surface area is 94.5 Å². The van der Waals surface area contributed by atoms with E-state index in [2.05, 4.69) is 21.9 Å². The number of hydrogen-bond donors (Lipinski definition) is 0. The minimum atomic E-state index is -0.348. The van der Waals surface area contributed by atoms with E-state index in [9.17, 15) is 4.79 Å². The first-order chi connectivity index (χ1) is 7.79. The van der Waals surface area contributed by atoms with Gasteiger partial charge in [-0.2, -0.15) is 0 Å². The minimum Gasteiger partial charge on any atom is -0.452 e. The van der Waals surface area contributed by atoms with E-state index in [0.29, 0.717) is 6.54 Å². The quantitative estimate of drug-likeness (QED) is 0.758. The van der Waals surface area contributed by atoms with E-state index in [1.54, 1.807) is 6.34 Å². The van der Waals surface area contributed by atoms with Crippen molar-refractivity contribution in [1.29, 1.82) is 0 Å². The lowest BCUT2D eigenvalue weighted by Crippen LogP contribution is -2.30. The van der Waals surface area contributed by atoms with E-state index in [1.807, 2.05) is 18.2 Å². The number of ether oxygens (including phenoxy) is 1. The van der Waals surface area contributed by atoms with Gasteiger partial charge in [0.05, 0.1) is 26.0 Å². The molecule has 1 heterocycles. The standard InChI is InChI=1S/C12H14N2O2/c1-16-12(15)14-8-11(13-9-14)7-10-5-3-2-4-6-10/h2-6,9,11H,7-8H2,1H3. The summed E-state index contributed by atoms with van der Waals surface area (Å²) in [6, 6.07) is 10.3. The summed E-state index contributed by atoms with van der Waals surface area (Å²) in [7, 11) is 1.38. The van der Waals surface area contributed by atoms with Gasteiger partial charge in [-0.3, -0.25) is 9.89 Å². The number of hydrogen-bond acceptors (Lipinski definition) is 3. The van der Waals surface area contributed by atoms with E-state index in [-0.39, 0.29) is 12.1 Å². The van der Waals surface area contributed by atoms with Crippen LogP contribution in [0.4, 0.5) is 4.79 Å². The Hall–Kier alpha value is -1.84. The van der Waals surface area contributed by atoms with E-state index in [4.69, 9.17) is 0 Å². The molecule has 0 spiro atoms. The second-order valence-corrected chi connectivity index (χ2v) is 3.73. The number of methoxy groups -OCH3 is 1. The second-order valence-electron chi connectivity index (χ2n) is 3.73. The van der Waals surface area contributed by atoms with E-state index >= 15 is 0 Å². The molecule has 0 N–H and O–H groups in total. The first-order valence-electron chi connectivity index (χ1n) is 5.21. The number of carbonyl (C=O) groups is 1. The molecule has 16 heavy (non-hydrogen) atoms. The molecule has 0 aromatic heterocycles. The highest BCUT2D eigenvalue weighted by Crippen LogP contribution is 2.11. The lowest BCUT2D eigenvalue weighted by atomic mass is 10.1. The van der Waals surface area contributed by atoms with Crippen molar-refractivity contribution >= 4 is 12.4 Å². The molecule has 0 saturated carbocycles. The summed E-state index contributed by atoms with van der Waals surface area (Å²) >= 11 is 0. The van der Waals surface area contributed by atoms with Crippen LogP contribution in [0.3, 0.4) is 0 Å². The fourth-order valence-electron chi connectivity index (χ4n) is 1.74. The van der Waals surface area contributed by atoms with Gasteiger partial charge in [-0.1, -0.05) is 30.3 Å². The van der Waals surface area contributed by atoms with Crippen molar-refractivity contribution in [3.05, 3.63) is 35.9 Å². The summed E-state index contributed by atoms with van der Waals surface area (Å²) in [5.41, 5.74) is 1.23. The molecule has 0 saturated heterocycles. The summed E-state index contributed by atoms with van der Waals surface area (Å²) in [5, 5.41) is 0. The average molecular weight is 218 g/mol. The van der Waals surface area contributed by atoms with Crippen LogP contribution in [0.15, 0.2) is 35.3 Å². The summed E-state index contributed by atoms with van der Waals surface area (Å²) < 4.78 is 4.63. The Morgan fingerprint density at radius 3 is 2.94 bits per heavy atom. The van der Waals surface area contributed by atoms with Crippen LogP contribution >= 0.6 is 0 Å². The summed E-state index contributed by atoms with van der Waals surface area (Å²) in [5.74, 6) is 0. The molecule has 1 aromatic rings. The smallest absolute Gasteiger partial charge is 0.414 e. The van der Waals surface area contributed by atoms with Crippen molar-refractivity contribution in [2.75, 3.05) is 13.7 Å². The fraction of sp³-hybridized carbons (Fsp3) is 0.333. The maximum atomic E-state index is 11.2. The van der Waals surface area contributed by atoms with Crippen molar-refractivity contribution in [1.82, 2.24) is 4.90 Å². The maximum absolute atomic E-state index is 11.2. The molecule has 2 rings (SSSR count). The van der Waals surface area contributed by atoms with Crippen LogP contribution < -0.4 is 0 Å². The molecule has 4 heteroatoms. The summed E-state index contributed by atoms with van der Waals surface area (Å²) in [6.07, 6.45) is 2.06. The van der Waals surface area contributed by atoms with Gasteiger partial charge in [0.2, 0.25) is 0 Å². The zero-order valence-electron chi connectivity index (χ0n) is 9.17. The Kier molecular flexibility index (Phi) is 3.19. The van der Waals surface area contributed by atoms with Crippen molar-refractivity contribution in [3.63, 3.8) is 0 Å². The molecule has 1 aliphatic rings. The van der Waals surface area contributed by atoms with Crippen molar-refractivity contribution in [2.45, 2.75) is 12.5 Å². The van der Waals surface area contributed by atoms with E-state index < -0.39 is 0 Å². The Bertz CT molecular complexity index is 389. The predicted octanol–water partition coefficient (Wildman–Crippen LogP) is 1.71. The highest BCUT2D eigenvalue weighted by Gasteiger charge is 2.22. The third-order valence-corrected chi connectivity index (χ3v) is 2.55. The molecule has 84 valence electrons. The van der Waals surface area contributed by atoms with Gasteiger partial charge in [-0.25, -0.2) is 4.79 Å². The second kappa shape index (κ2) is 4.79. The van der Waals surface area contributed by atoms with Crippen LogP contribution in [0.2, 0.25) is 0 Å². The zero-order valence-corrected chi connectivity index (χ0v) is 9.17. The number of aliphatic imine (C=N–C) groups is 1. The lowest BCUT2D eigenvalue weighted by molar-refractivity contribution is 0.148. The molecule has 0 radical (unpaired) electrons. The average Bonchev–Trinajstić information content (AvgIpc) is 2.78. The van der Waals surface area contributed by atoms with Gasteiger partial charge < -0.3 is 4.74 Å². The van der Waals surface area contributed by atoms with E-state index in [0.717, 1.165) is 6.42 Å². The van der Waals surface area contributed by atoms with Crippen LogP contribution in [0.5, 0.6) is 0 Å². The molecule has 4 nitrogen and oxygen atoms in total. The van der Waals surface area contributed by atoms with Crippen molar-refractivity contribution in [3.8, 4) is 0 Å². The highest BCUT2D eigenvalue weighted by atomic mass is 16.5. The number of amides is 1. The topological polar surface area (TPSA) is 41.9 Å². The zero-order chi connectivity index (χ0) is 11.4. The SMILES string of the molecule is COC(=O)N1C=NC(Cc2ccccc2)C1. The Morgan fingerprint density at radius 1 is 1.50 bits per heavy atom. The summed E-state index contributed by atoms with van der Waals surface area (Å²) in [6.45, 7) is 0.599. The molecule has 1 atom stereocenters. The minimum absolute atomic E-state index is 0.140. The van der Waals surface area contributed by atoms with Crippen LogP contribution in [-0.2, 0) is 11.2 Å². The predicted molar refractivity (Wildman–Crippen MR) is 61.5 cm³/mol. The number of rotatable bonds is 2. The monoisotopic (exact) mass is 218 g/mol. The first kappa shape index (κ1) is 10.7. The van der Waals surface area contributed by atoms with Gasteiger partial charge in [-0.05, 0) is 12.0 Å². The number of carbonyl (C=O) groups excluding carboxylic acids is 1. The third kappa shape index (κ3) is 2.39. The fourth-order valence-corrected chi connectivity index (χ4v) is 1.74. The Balaban J connectivity index is 1.91. The van der Waals surface area contributed by atoms with Gasteiger partial charge in [0.25, 0.3) is 0 Å². The largest absolute Gasteiger partial charge is 0.452 e. The number of nitrogens with zero attached hydrogens (tertiary/aromatic N) is 2. The van der Waals surface area contributed by atoms with Gasteiger partial charge in [0.1, 0.15) is 0 Å². The third-order valence-electron chi connectivity index (χ3n) is 2.55. The van der Waals surface area contributed by atoms with Crippen molar-refractivity contribution in [2.24, 2.45) is 4.99 Å². The molecule has 1 unspecified atom stereocenters. The van der Waals surface area contributed by atoms with Gasteiger partial charge in [0.15, 0.2) is 0 Å². The van der Waals surface area contributed by atoms with Crippen LogP contribution in [-0.4, -0.2) is 37.0 Å². The van der Waals surface area contributed by atoms with Crippen LogP contribution in [0.1, 0.15) is 5.56 Å². The molecule has 0 bridgehead atoms. The molecule has 1 amide bonds. The van der Waals surface area contributed by atoms with Gasteiger partial charge in [-0.15, -0.1) is 0 Å². The van der Waals surface area contributed by atoms with Crippen molar-refractivity contribution < 1.29 is 9.53 Å². The molecule has 1 aromatic carbocycles. The summed E-state index contributed by atoms with van der Waals surface area (Å²) in [4.78, 5) is 17.0. The molecular weight excluding hydrogens is 204 g/mol. The van der Waals surface area contributed by atoms with Gasteiger partial charge in [0, 0.05) is 0 Å². The van der Waals surface area contributed by atoms with Crippen LogP contribution in [0, 0.1) is 0 Å². The van der Waals surface area contributed by atoms with Gasteiger partial charge >= 0.3 is 6.09 Å². The highest BCUT2D eigenvalue weighted by molar-refractivity contribution is 5.83. The maximum Gasteiger partial charge on any atom is 0.414 e. The Morgan fingerprint density at radius 2 is 2.25 bits per heavy atom. The van der Waals surface area contributed by atoms with E-state index in [1.165, 1.54) is 17.6 Å². The lowest BCUT2D eigenvalue weighted by Gasteiger charge is -2.12. The first-order valence-corrected chi connectivity index (χ1v) is 5.21. The number of benzene rings is 1. The normalized spacial score (nSPS) is 18.8.